The third kappa shape index (κ3) is 3.65. The minimum Gasteiger partial charge on any atom is -0.267 e. The van der Waals surface area contributed by atoms with Gasteiger partial charge in [0.2, 0.25) is 0 Å². The summed E-state index contributed by atoms with van der Waals surface area (Å²) in [5, 5.41) is 4.81. The number of nitrogens with zero attached hydrogens (tertiary/aromatic N) is 2. The molecule has 1 aromatic heterocycles. The second-order valence-corrected chi connectivity index (χ2v) is 4.54. The number of amides is 1. The Hall–Kier alpha value is -2.20. The average Bonchev–Trinajstić information content (AvgIpc) is 2.48. The summed E-state index contributed by atoms with van der Waals surface area (Å²) in [5.41, 5.74) is 4.74. The van der Waals surface area contributed by atoms with Gasteiger partial charge in [-0.25, -0.2) is 5.43 Å². The molecule has 0 atom stereocenters. The molecule has 0 saturated heterocycles. The molecule has 5 heteroatoms. The number of halogens is 1. The van der Waals surface area contributed by atoms with Gasteiger partial charge in [-0.15, -0.1) is 0 Å². The number of carbonyl (C=O) groups excluding carboxylic acids is 1. The molecular formula is C15H14ClN3O. The first-order chi connectivity index (χ1) is 9.70. The fourth-order valence-corrected chi connectivity index (χ4v) is 1.89. The molecule has 0 spiro atoms. The molecule has 1 heterocycles. The van der Waals surface area contributed by atoms with Crippen LogP contribution in [0.15, 0.2) is 53.9 Å². The number of aromatic nitrogens is 1. The molecule has 102 valence electrons. The number of hydrazone groups is 1. The summed E-state index contributed by atoms with van der Waals surface area (Å²) in [7, 11) is 0. The summed E-state index contributed by atoms with van der Waals surface area (Å²) in [4.78, 5) is 15.8. The molecule has 0 aliphatic rings. The zero-order valence-electron chi connectivity index (χ0n) is 11.0. The highest BCUT2D eigenvalue weighted by atomic mass is 35.5. The van der Waals surface area contributed by atoms with Crippen LogP contribution in [-0.2, 0) is 0 Å². The molecule has 1 amide bonds. The minimum absolute atomic E-state index is 0.264. The molecule has 0 aliphatic heterocycles. The molecular weight excluding hydrogens is 274 g/mol. The van der Waals surface area contributed by atoms with Gasteiger partial charge < -0.3 is 0 Å². The van der Waals surface area contributed by atoms with E-state index in [1.807, 2.05) is 25.1 Å². The van der Waals surface area contributed by atoms with Gasteiger partial charge in [-0.3, -0.25) is 9.78 Å². The largest absolute Gasteiger partial charge is 0.271 e. The number of hydrogen-bond donors (Lipinski definition) is 1. The van der Waals surface area contributed by atoms with Crippen molar-refractivity contribution in [2.24, 2.45) is 5.10 Å². The maximum atomic E-state index is 11.9. The van der Waals surface area contributed by atoms with Gasteiger partial charge in [0.1, 0.15) is 0 Å². The van der Waals surface area contributed by atoms with E-state index in [1.54, 1.807) is 30.6 Å². The molecule has 0 aliphatic carbocycles. The Kier molecular flexibility index (Phi) is 4.85. The summed E-state index contributed by atoms with van der Waals surface area (Å²) < 4.78 is 0. The molecule has 0 saturated carbocycles. The zero-order chi connectivity index (χ0) is 14.4. The smallest absolute Gasteiger partial charge is 0.267 e. The molecule has 20 heavy (non-hydrogen) atoms. The lowest BCUT2D eigenvalue weighted by Gasteiger charge is -2.05. The first kappa shape index (κ1) is 14.2. The number of pyridine rings is 1. The highest BCUT2D eigenvalue weighted by molar-refractivity contribution is 6.31. The van der Waals surface area contributed by atoms with Crippen molar-refractivity contribution in [1.29, 1.82) is 0 Å². The van der Waals surface area contributed by atoms with Gasteiger partial charge in [0, 0.05) is 23.0 Å². The Labute approximate surface area is 122 Å². The van der Waals surface area contributed by atoms with E-state index >= 15 is 0 Å². The quantitative estimate of drug-likeness (QED) is 0.693. The van der Waals surface area contributed by atoms with Crippen LogP contribution in [0.2, 0.25) is 5.02 Å². The van der Waals surface area contributed by atoms with Crippen molar-refractivity contribution in [3.63, 3.8) is 0 Å². The molecule has 2 aromatic rings. The highest BCUT2D eigenvalue weighted by Crippen LogP contribution is 2.12. The van der Waals surface area contributed by atoms with Gasteiger partial charge in [0.25, 0.3) is 5.91 Å². The van der Waals surface area contributed by atoms with Gasteiger partial charge in [0.15, 0.2) is 0 Å². The maximum Gasteiger partial charge on any atom is 0.271 e. The molecule has 0 bridgehead atoms. The standard InChI is InChI=1S/C15H14ClN3O/c1-2-14(12-4-3-5-13(16)10-12)18-19-15(20)11-6-8-17-9-7-11/h3-10H,2H2,1H3,(H,19,20)/b18-14-. The molecule has 0 radical (unpaired) electrons. The van der Waals surface area contributed by atoms with Crippen molar-refractivity contribution in [3.05, 3.63) is 64.9 Å². The van der Waals surface area contributed by atoms with Gasteiger partial charge in [0.05, 0.1) is 5.71 Å². The summed E-state index contributed by atoms with van der Waals surface area (Å²) in [6, 6.07) is 10.7. The van der Waals surface area contributed by atoms with E-state index in [4.69, 9.17) is 11.6 Å². The predicted octanol–water partition coefficient (Wildman–Crippen LogP) is 3.28. The number of benzene rings is 1. The second kappa shape index (κ2) is 6.82. The normalized spacial score (nSPS) is 11.2. The van der Waals surface area contributed by atoms with E-state index in [2.05, 4.69) is 15.5 Å². The van der Waals surface area contributed by atoms with E-state index in [-0.39, 0.29) is 5.91 Å². The molecule has 0 fully saturated rings. The fourth-order valence-electron chi connectivity index (χ4n) is 1.70. The Morgan fingerprint density at radius 1 is 1.25 bits per heavy atom. The Morgan fingerprint density at radius 3 is 2.65 bits per heavy atom. The fraction of sp³-hybridized carbons (Fsp3) is 0.133. The Bertz CT molecular complexity index is 626. The van der Waals surface area contributed by atoms with Crippen LogP contribution < -0.4 is 5.43 Å². The zero-order valence-corrected chi connectivity index (χ0v) is 11.8. The van der Waals surface area contributed by atoms with E-state index < -0.39 is 0 Å². The number of hydrogen-bond acceptors (Lipinski definition) is 3. The van der Waals surface area contributed by atoms with Gasteiger partial charge in [-0.05, 0) is 36.2 Å². The number of nitrogens with one attached hydrogen (secondary N) is 1. The number of carbonyl (C=O) groups is 1. The lowest BCUT2D eigenvalue weighted by atomic mass is 10.1. The lowest BCUT2D eigenvalue weighted by molar-refractivity contribution is 0.0954. The molecule has 4 nitrogen and oxygen atoms in total. The summed E-state index contributed by atoms with van der Waals surface area (Å²) >= 11 is 5.96. The van der Waals surface area contributed by atoms with Crippen molar-refractivity contribution in [2.75, 3.05) is 0 Å². The van der Waals surface area contributed by atoms with Crippen LogP contribution in [0.4, 0.5) is 0 Å². The second-order valence-electron chi connectivity index (χ2n) is 4.10. The van der Waals surface area contributed by atoms with Crippen LogP contribution in [0.1, 0.15) is 29.3 Å². The molecule has 1 aromatic carbocycles. The molecule has 2 rings (SSSR count). The maximum absolute atomic E-state index is 11.9. The van der Waals surface area contributed by atoms with Crippen LogP contribution in [0, 0.1) is 0 Å². The Balaban J connectivity index is 2.14. The van der Waals surface area contributed by atoms with Crippen LogP contribution >= 0.6 is 11.6 Å². The van der Waals surface area contributed by atoms with Crippen molar-refractivity contribution in [1.82, 2.24) is 10.4 Å². The van der Waals surface area contributed by atoms with E-state index in [1.165, 1.54) is 0 Å². The first-order valence-corrected chi connectivity index (χ1v) is 6.61. The van der Waals surface area contributed by atoms with Crippen molar-refractivity contribution < 1.29 is 4.79 Å². The predicted molar refractivity (Wildman–Crippen MR) is 80.0 cm³/mol. The topological polar surface area (TPSA) is 54.4 Å². The monoisotopic (exact) mass is 287 g/mol. The van der Waals surface area contributed by atoms with Crippen molar-refractivity contribution in [2.45, 2.75) is 13.3 Å². The minimum atomic E-state index is -0.264. The Morgan fingerprint density at radius 2 is 2.00 bits per heavy atom. The SMILES string of the molecule is CC/C(=N/NC(=O)c1ccncc1)c1cccc(Cl)c1. The van der Waals surface area contributed by atoms with Crippen LogP contribution in [0.3, 0.4) is 0 Å². The lowest BCUT2D eigenvalue weighted by Crippen LogP contribution is -2.20. The van der Waals surface area contributed by atoms with Crippen LogP contribution in [-0.4, -0.2) is 16.6 Å². The van der Waals surface area contributed by atoms with Crippen molar-refractivity contribution in [3.8, 4) is 0 Å². The highest BCUT2D eigenvalue weighted by Gasteiger charge is 2.06. The summed E-state index contributed by atoms with van der Waals surface area (Å²) in [6.45, 7) is 1.97. The van der Waals surface area contributed by atoms with Gasteiger partial charge in [-0.1, -0.05) is 30.7 Å². The average molecular weight is 288 g/mol. The van der Waals surface area contributed by atoms with Gasteiger partial charge in [-0.2, -0.15) is 5.10 Å². The summed E-state index contributed by atoms with van der Waals surface area (Å²) in [5.74, 6) is -0.264. The molecule has 0 unspecified atom stereocenters. The van der Waals surface area contributed by atoms with Crippen molar-refractivity contribution >= 4 is 23.2 Å². The van der Waals surface area contributed by atoms with Crippen LogP contribution in [0.5, 0.6) is 0 Å². The third-order valence-corrected chi connectivity index (χ3v) is 2.96. The van der Waals surface area contributed by atoms with E-state index in [0.29, 0.717) is 17.0 Å². The first-order valence-electron chi connectivity index (χ1n) is 6.23. The third-order valence-electron chi connectivity index (χ3n) is 2.73. The summed E-state index contributed by atoms with van der Waals surface area (Å²) in [6.07, 6.45) is 3.82. The van der Waals surface area contributed by atoms with E-state index in [0.717, 1.165) is 11.3 Å². The number of rotatable bonds is 4. The van der Waals surface area contributed by atoms with E-state index in [9.17, 15) is 4.79 Å². The molecule has 1 N–H and O–H groups in total. The van der Waals surface area contributed by atoms with Gasteiger partial charge >= 0.3 is 0 Å². The van der Waals surface area contributed by atoms with Crippen LogP contribution in [0.25, 0.3) is 0 Å².